The molecular formula is C36H37ClF3N9O5. The van der Waals surface area contributed by atoms with E-state index in [0.717, 1.165) is 18.2 Å². The van der Waals surface area contributed by atoms with Gasteiger partial charge in [0.2, 0.25) is 11.3 Å². The number of aromatic nitrogens is 6. The summed E-state index contributed by atoms with van der Waals surface area (Å²) in [6.45, 7) is 8.59. The van der Waals surface area contributed by atoms with Crippen molar-refractivity contribution in [3.05, 3.63) is 92.2 Å². The quantitative estimate of drug-likeness (QED) is 0.199. The van der Waals surface area contributed by atoms with Crippen molar-refractivity contribution in [2.75, 3.05) is 29.9 Å². The molecule has 1 aliphatic heterocycles. The zero-order valence-corrected chi connectivity index (χ0v) is 30.7. The molecule has 4 heterocycles. The summed E-state index contributed by atoms with van der Waals surface area (Å²) in [5, 5.41) is 32.3. The lowest BCUT2D eigenvalue weighted by atomic mass is 9.98. The molecule has 0 radical (unpaired) electrons. The van der Waals surface area contributed by atoms with Crippen LogP contribution in [-0.4, -0.2) is 82.1 Å². The summed E-state index contributed by atoms with van der Waals surface area (Å²) < 4.78 is 41.3. The summed E-state index contributed by atoms with van der Waals surface area (Å²) in [5.41, 5.74) is -0.657. The second-order valence-corrected chi connectivity index (χ2v) is 13.9. The van der Waals surface area contributed by atoms with Crippen molar-refractivity contribution in [3.8, 4) is 11.4 Å². The topological polar surface area (TPSA) is 172 Å². The molecule has 2 aromatic carbocycles. The Bertz CT molecular complexity index is 2320. The Hall–Kier alpha value is -5.55. The van der Waals surface area contributed by atoms with Crippen LogP contribution in [0.15, 0.2) is 53.6 Å². The fourth-order valence-corrected chi connectivity index (χ4v) is 6.68. The number of hydrogen-bond acceptors (Lipinski definition) is 10. The highest BCUT2D eigenvalue weighted by atomic mass is 35.5. The van der Waals surface area contributed by atoms with Gasteiger partial charge in [-0.2, -0.15) is 13.2 Å². The Labute approximate surface area is 311 Å². The predicted molar refractivity (Wildman–Crippen MR) is 194 cm³/mol. The molecule has 0 saturated carbocycles. The Kier molecular flexibility index (Phi) is 10.2. The number of aromatic hydroxyl groups is 1. The van der Waals surface area contributed by atoms with Gasteiger partial charge in [0.05, 0.1) is 33.3 Å². The number of carbonyl (C=O) groups excluding carboxylic acids is 2. The van der Waals surface area contributed by atoms with E-state index < -0.39 is 47.2 Å². The first-order valence-electron chi connectivity index (χ1n) is 17.0. The van der Waals surface area contributed by atoms with Gasteiger partial charge in [-0.25, -0.2) is 9.97 Å². The lowest BCUT2D eigenvalue weighted by molar-refractivity contribution is -0.137. The molecule has 0 aliphatic carbocycles. The summed E-state index contributed by atoms with van der Waals surface area (Å²) in [4.78, 5) is 54.0. The number of carbonyl (C=O) groups is 2. The largest absolute Gasteiger partial charge is 0.504 e. The SMILES string of the molecule is CCc1c(N2CCN(C(=O)c3ncnc(C)c3O)[C@@H](C)C2)c(=O)c2nn(-c3ccc(C(C)(C)O)cc3)nc2n1CC(=O)Nc1ccc(C(F)(F)F)cc1Cl. The van der Waals surface area contributed by atoms with Gasteiger partial charge in [-0.15, -0.1) is 15.0 Å². The van der Waals surface area contributed by atoms with Crippen LogP contribution in [0.1, 0.15) is 60.7 Å². The van der Waals surface area contributed by atoms with Crippen LogP contribution in [-0.2, 0) is 29.5 Å². The van der Waals surface area contributed by atoms with E-state index in [1.54, 1.807) is 63.8 Å². The second-order valence-electron chi connectivity index (χ2n) is 13.5. The van der Waals surface area contributed by atoms with Crippen LogP contribution < -0.4 is 15.6 Å². The van der Waals surface area contributed by atoms with Gasteiger partial charge in [0.15, 0.2) is 22.6 Å². The van der Waals surface area contributed by atoms with Crippen LogP contribution in [0.25, 0.3) is 16.9 Å². The highest BCUT2D eigenvalue weighted by Gasteiger charge is 2.35. The van der Waals surface area contributed by atoms with E-state index in [1.165, 1.54) is 15.7 Å². The lowest BCUT2D eigenvalue weighted by Crippen LogP contribution is -2.55. The Morgan fingerprint density at radius 1 is 1.04 bits per heavy atom. The molecule has 54 heavy (non-hydrogen) atoms. The predicted octanol–water partition coefficient (Wildman–Crippen LogP) is 4.84. The van der Waals surface area contributed by atoms with Crippen molar-refractivity contribution in [2.45, 2.75) is 65.4 Å². The van der Waals surface area contributed by atoms with Crippen LogP contribution in [0.2, 0.25) is 5.02 Å². The Morgan fingerprint density at radius 2 is 1.72 bits per heavy atom. The fraction of sp³-hybridized carbons (Fsp3) is 0.361. The summed E-state index contributed by atoms with van der Waals surface area (Å²) in [6, 6.07) is 8.89. The van der Waals surface area contributed by atoms with Crippen molar-refractivity contribution in [1.29, 1.82) is 0 Å². The third-order valence-corrected chi connectivity index (χ3v) is 9.62. The van der Waals surface area contributed by atoms with Crippen molar-refractivity contribution in [2.24, 2.45) is 0 Å². The van der Waals surface area contributed by atoms with Crippen molar-refractivity contribution < 1.29 is 33.0 Å². The standard InChI is InChI=1S/C36H37ClF3N9O5/c1-6-26-30(46-13-14-47(19(2)16-46)34(53)29-31(51)20(3)41-18-42-29)32(52)28-33(45-49(44-28)23-10-7-21(8-11-23)35(4,5)54)48(26)17-27(50)43-25-12-9-22(15-24(25)37)36(38,39)40/h7-12,15,18-19,51,54H,6,13-14,16-17H2,1-5H3,(H,43,50)/t19-/m0/s1. The molecule has 14 nitrogen and oxygen atoms in total. The fourth-order valence-electron chi connectivity index (χ4n) is 6.45. The number of anilines is 2. The monoisotopic (exact) mass is 767 g/mol. The molecule has 1 atom stereocenters. The van der Waals surface area contributed by atoms with Gasteiger partial charge in [-0.05, 0) is 70.0 Å². The number of aryl methyl sites for hydroxylation is 1. The van der Waals surface area contributed by atoms with Crippen molar-refractivity contribution in [1.82, 2.24) is 34.4 Å². The summed E-state index contributed by atoms with van der Waals surface area (Å²) >= 11 is 6.14. The zero-order chi connectivity index (χ0) is 39.3. The molecule has 0 unspecified atom stereocenters. The normalized spacial score (nSPS) is 15.2. The van der Waals surface area contributed by atoms with Crippen LogP contribution in [0, 0.1) is 6.92 Å². The molecule has 2 amide bonds. The number of rotatable bonds is 8. The first kappa shape index (κ1) is 38.2. The van der Waals surface area contributed by atoms with E-state index in [4.69, 9.17) is 11.6 Å². The van der Waals surface area contributed by atoms with Gasteiger partial charge >= 0.3 is 6.18 Å². The van der Waals surface area contributed by atoms with E-state index in [9.17, 15) is 37.8 Å². The molecule has 284 valence electrons. The van der Waals surface area contributed by atoms with E-state index in [1.807, 2.05) is 4.90 Å². The van der Waals surface area contributed by atoms with Gasteiger partial charge in [0, 0.05) is 31.4 Å². The maximum atomic E-state index is 14.4. The van der Waals surface area contributed by atoms with Crippen LogP contribution >= 0.6 is 11.6 Å². The first-order chi connectivity index (χ1) is 25.4. The van der Waals surface area contributed by atoms with Gasteiger partial charge in [-0.3, -0.25) is 14.4 Å². The molecule has 0 spiro atoms. The minimum atomic E-state index is -4.63. The average molecular weight is 768 g/mol. The van der Waals surface area contributed by atoms with Gasteiger partial charge < -0.3 is 29.9 Å². The van der Waals surface area contributed by atoms with Crippen molar-refractivity contribution >= 4 is 46.0 Å². The molecule has 6 rings (SSSR count). The lowest BCUT2D eigenvalue weighted by Gasteiger charge is -2.41. The zero-order valence-electron chi connectivity index (χ0n) is 29.9. The number of pyridine rings is 1. The number of benzene rings is 2. The third-order valence-electron chi connectivity index (χ3n) is 9.31. The number of fused-ring (bicyclic) bond motifs is 1. The minimum absolute atomic E-state index is 0.0414. The highest BCUT2D eigenvalue weighted by molar-refractivity contribution is 6.33. The van der Waals surface area contributed by atoms with Crippen LogP contribution in [0.3, 0.4) is 0 Å². The van der Waals surface area contributed by atoms with Gasteiger partial charge in [0.1, 0.15) is 18.6 Å². The molecule has 1 saturated heterocycles. The highest BCUT2D eigenvalue weighted by Crippen LogP contribution is 2.34. The third kappa shape index (κ3) is 7.33. The molecule has 3 aromatic heterocycles. The summed E-state index contributed by atoms with van der Waals surface area (Å²) in [6.07, 6.45) is -3.18. The Balaban J connectivity index is 1.40. The van der Waals surface area contributed by atoms with Crippen LogP contribution in [0.5, 0.6) is 5.75 Å². The van der Waals surface area contributed by atoms with E-state index in [0.29, 0.717) is 16.9 Å². The van der Waals surface area contributed by atoms with E-state index in [-0.39, 0.29) is 70.8 Å². The summed E-state index contributed by atoms with van der Waals surface area (Å²) in [5.74, 6) is -1.46. The number of nitrogens with zero attached hydrogens (tertiary/aromatic N) is 8. The molecular weight excluding hydrogens is 731 g/mol. The maximum absolute atomic E-state index is 14.4. The molecule has 5 aromatic rings. The number of aliphatic hydroxyl groups is 1. The maximum Gasteiger partial charge on any atom is 0.416 e. The number of halogens is 4. The number of hydrogen-bond donors (Lipinski definition) is 3. The number of amides is 2. The molecule has 0 bridgehead atoms. The van der Waals surface area contributed by atoms with Crippen LogP contribution in [0.4, 0.5) is 24.5 Å². The van der Waals surface area contributed by atoms with Crippen molar-refractivity contribution in [3.63, 3.8) is 0 Å². The van der Waals surface area contributed by atoms with Gasteiger partial charge in [-0.1, -0.05) is 30.7 Å². The average Bonchev–Trinajstić information content (AvgIpc) is 3.56. The molecule has 3 N–H and O–H groups in total. The smallest absolute Gasteiger partial charge is 0.416 e. The first-order valence-corrected chi connectivity index (χ1v) is 17.4. The van der Waals surface area contributed by atoms with E-state index in [2.05, 4.69) is 25.5 Å². The molecule has 1 fully saturated rings. The number of nitrogens with one attached hydrogen (secondary N) is 1. The van der Waals surface area contributed by atoms with Gasteiger partial charge in [0.25, 0.3) is 5.91 Å². The van der Waals surface area contributed by atoms with E-state index >= 15 is 0 Å². The second kappa shape index (κ2) is 14.4. The summed E-state index contributed by atoms with van der Waals surface area (Å²) in [7, 11) is 0. The molecule has 18 heteroatoms. The number of alkyl halides is 3. The Morgan fingerprint density at radius 3 is 2.33 bits per heavy atom. The minimum Gasteiger partial charge on any atom is -0.504 e. The number of piperazine rings is 1. The molecule has 1 aliphatic rings.